The lowest BCUT2D eigenvalue weighted by molar-refractivity contribution is -0.137. The summed E-state index contributed by atoms with van der Waals surface area (Å²) in [6.07, 6.45) is 3.59. The Kier molecular flexibility index (Phi) is 4.33. The fraction of sp³-hybridized carbons (Fsp3) is 0.500. The van der Waals surface area contributed by atoms with E-state index in [1.807, 2.05) is 12.1 Å². The molecule has 98 valence electrons. The van der Waals surface area contributed by atoms with Crippen LogP contribution in [0.5, 0.6) is 5.75 Å². The van der Waals surface area contributed by atoms with E-state index >= 15 is 0 Å². The Hall–Kier alpha value is -1.39. The monoisotopic (exact) mass is 250 g/mol. The first-order valence-corrected chi connectivity index (χ1v) is 6.27. The molecule has 1 atom stereocenters. The van der Waals surface area contributed by atoms with E-state index in [0.29, 0.717) is 11.7 Å². The molecule has 1 aliphatic rings. The Morgan fingerprint density at radius 3 is 2.94 bits per heavy atom. The van der Waals surface area contributed by atoms with Crippen LogP contribution in [0.2, 0.25) is 0 Å². The molecule has 1 aromatic carbocycles. The molecule has 0 aromatic heterocycles. The van der Waals surface area contributed by atoms with Crippen molar-refractivity contribution in [3.05, 3.63) is 29.3 Å². The zero-order valence-electron chi connectivity index (χ0n) is 10.3. The van der Waals surface area contributed by atoms with Crippen molar-refractivity contribution in [3.63, 3.8) is 0 Å². The van der Waals surface area contributed by atoms with Crippen LogP contribution in [0.15, 0.2) is 18.2 Å². The van der Waals surface area contributed by atoms with Crippen LogP contribution < -0.4 is 4.74 Å². The number of ether oxygens (including phenoxy) is 1. The Morgan fingerprint density at radius 2 is 2.22 bits per heavy atom. The van der Waals surface area contributed by atoms with E-state index in [0.717, 1.165) is 31.2 Å². The van der Waals surface area contributed by atoms with Crippen LogP contribution in [0, 0.1) is 5.92 Å². The van der Waals surface area contributed by atoms with Crippen molar-refractivity contribution in [2.45, 2.75) is 25.7 Å². The van der Waals surface area contributed by atoms with Crippen molar-refractivity contribution in [3.8, 4) is 5.75 Å². The molecule has 18 heavy (non-hydrogen) atoms. The van der Waals surface area contributed by atoms with Crippen molar-refractivity contribution in [1.29, 1.82) is 0 Å². The molecule has 4 heteroatoms. The second kappa shape index (κ2) is 5.98. The molecule has 0 bridgehead atoms. The number of carbonyl (C=O) groups excluding carboxylic acids is 1. The minimum atomic E-state index is -0.624. The minimum absolute atomic E-state index is 0.221. The van der Waals surface area contributed by atoms with E-state index in [4.69, 9.17) is 14.9 Å². The summed E-state index contributed by atoms with van der Waals surface area (Å²) in [5.41, 5.74) is 2.25. The molecule has 0 fully saturated rings. The number of carbonyl (C=O) groups is 1. The number of aliphatic hydroxyl groups is 2. The SMILES string of the molecule is O=C(CO)Oc1cccc2c1CCC(CCO)C2. The van der Waals surface area contributed by atoms with Gasteiger partial charge in [-0.25, -0.2) is 4.79 Å². The maximum absolute atomic E-state index is 11.1. The first-order chi connectivity index (χ1) is 8.74. The van der Waals surface area contributed by atoms with Gasteiger partial charge in [-0.1, -0.05) is 12.1 Å². The predicted octanol–water partition coefficient (Wildman–Crippen LogP) is 1.07. The van der Waals surface area contributed by atoms with Gasteiger partial charge in [-0.2, -0.15) is 0 Å². The van der Waals surface area contributed by atoms with E-state index < -0.39 is 12.6 Å². The topological polar surface area (TPSA) is 66.8 Å². The average molecular weight is 250 g/mol. The Bertz CT molecular complexity index is 428. The summed E-state index contributed by atoms with van der Waals surface area (Å²) in [5.74, 6) is 0.446. The average Bonchev–Trinajstić information content (AvgIpc) is 2.39. The van der Waals surface area contributed by atoms with Crippen LogP contribution in [-0.4, -0.2) is 29.4 Å². The van der Waals surface area contributed by atoms with Gasteiger partial charge >= 0.3 is 5.97 Å². The van der Waals surface area contributed by atoms with Crippen LogP contribution >= 0.6 is 0 Å². The number of rotatable bonds is 4. The van der Waals surface area contributed by atoms with Gasteiger partial charge in [0.05, 0.1) is 0 Å². The highest BCUT2D eigenvalue weighted by Gasteiger charge is 2.21. The highest BCUT2D eigenvalue weighted by atomic mass is 16.5. The van der Waals surface area contributed by atoms with Gasteiger partial charge in [0.2, 0.25) is 0 Å². The minimum Gasteiger partial charge on any atom is -0.425 e. The first-order valence-electron chi connectivity index (χ1n) is 6.27. The van der Waals surface area contributed by atoms with Gasteiger partial charge in [0.1, 0.15) is 12.4 Å². The van der Waals surface area contributed by atoms with E-state index in [2.05, 4.69) is 0 Å². The molecule has 0 saturated carbocycles. The Morgan fingerprint density at radius 1 is 1.39 bits per heavy atom. The molecular weight excluding hydrogens is 232 g/mol. The summed E-state index contributed by atoms with van der Waals surface area (Å²) in [4.78, 5) is 11.1. The van der Waals surface area contributed by atoms with Gasteiger partial charge < -0.3 is 14.9 Å². The number of hydrogen-bond acceptors (Lipinski definition) is 4. The summed E-state index contributed by atoms with van der Waals surface area (Å²) < 4.78 is 5.12. The van der Waals surface area contributed by atoms with Crippen LogP contribution in [0.3, 0.4) is 0 Å². The molecule has 1 unspecified atom stereocenters. The molecule has 1 aromatic rings. The number of benzene rings is 1. The van der Waals surface area contributed by atoms with E-state index in [9.17, 15) is 4.79 Å². The molecule has 4 nitrogen and oxygen atoms in total. The van der Waals surface area contributed by atoms with Crippen molar-refractivity contribution in [1.82, 2.24) is 0 Å². The molecule has 2 rings (SSSR count). The van der Waals surface area contributed by atoms with Gasteiger partial charge in [0.25, 0.3) is 0 Å². The molecule has 0 aliphatic heterocycles. The molecule has 0 radical (unpaired) electrons. The summed E-state index contributed by atoms with van der Waals surface area (Å²) in [6.45, 7) is -0.379. The third-order valence-corrected chi connectivity index (χ3v) is 3.43. The number of esters is 1. The molecule has 0 spiro atoms. The van der Waals surface area contributed by atoms with Gasteiger partial charge in [-0.15, -0.1) is 0 Å². The fourth-order valence-corrected chi connectivity index (χ4v) is 2.53. The third-order valence-electron chi connectivity index (χ3n) is 3.43. The Labute approximate surface area is 106 Å². The predicted molar refractivity (Wildman–Crippen MR) is 66.4 cm³/mol. The fourth-order valence-electron chi connectivity index (χ4n) is 2.53. The highest BCUT2D eigenvalue weighted by molar-refractivity contribution is 5.73. The van der Waals surface area contributed by atoms with Crippen LogP contribution in [-0.2, 0) is 17.6 Å². The van der Waals surface area contributed by atoms with Crippen molar-refractivity contribution in [2.24, 2.45) is 5.92 Å². The quantitative estimate of drug-likeness (QED) is 0.619. The second-order valence-electron chi connectivity index (χ2n) is 4.65. The lowest BCUT2D eigenvalue weighted by atomic mass is 9.82. The van der Waals surface area contributed by atoms with Crippen LogP contribution in [0.1, 0.15) is 24.0 Å². The van der Waals surface area contributed by atoms with Gasteiger partial charge in [0, 0.05) is 6.61 Å². The second-order valence-corrected chi connectivity index (χ2v) is 4.65. The van der Waals surface area contributed by atoms with Gasteiger partial charge in [-0.3, -0.25) is 0 Å². The summed E-state index contributed by atoms with van der Waals surface area (Å²) in [5, 5.41) is 17.7. The lowest BCUT2D eigenvalue weighted by Crippen LogP contribution is -2.18. The molecule has 0 amide bonds. The van der Waals surface area contributed by atoms with Gasteiger partial charge in [-0.05, 0) is 48.8 Å². The largest absolute Gasteiger partial charge is 0.425 e. The molecule has 2 N–H and O–H groups in total. The zero-order valence-corrected chi connectivity index (χ0v) is 10.3. The van der Waals surface area contributed by atoms with Crippen LogP contribution in [0.25, 0.3) is 0 Å². The molecule has 0 saturated heterocycles. The summed E-state index contributed by atoms with van der Waals surface area (Å²) in [7, 11) is 0. The van der Waals surface area contributed by atoms with Crippen molar-refractivity contribution >= 4 is 5.97 Å². The van der Waals surface area contributed by atoms with E-state index in [1.54, 1.807) is 6.07 Å². The molecule has 0 heterocycles. The van der Waals surface area contributed by atoms with Crippen molar-refractivity contribution in [2.75, 3.05) is 13.2 Å². The maximum Gasteiger partial charge on any atom is 0.337 e. The van der Waals surface area contributed by atoms with E-state index in [-0.39, 0.29) is 6.61 Å². The third kappa shape index (κ3) is 2.89. The molecule has 1 aliphatic carbocycles. The van der Waals surface area contributed by atoms with Crippen LogP contribution in [0.4, 0.5) is 0 Å². The van der Waals surface area contributed by atoms with Crippen molar-refractivity contribution < 1.29 is 19.7 Å². The lowest BCUT2D eigenvalue weighted by Gasteiger charge is -2.25. The number of fused-ring (bicyclic) bond motifs is 1. The number of aliphatic hydroxyl groups excluding tert-OH is 2. The standard InChI is InChI=1S/C14H18O4/c15-7-6-10-4-5-12-11(8-10)2-1-3-13(12)18-14(17)9-16/h1-3,10,15-16H,4-9H2. The first kappa shape index (κ1) is 13.1. The Balaban J connectivity index is 2.16. The smallest absolute Gasteiger partial charge is 0.337 e. The van der Waals surface area contributed by atoms with Gasteiger partial charge in [0.15, 0.2) is 0 Å². The normalized spacial score (nSPS) is 18.2. The van der Waals surface area contributed by atoms with E-state index in [1.165, 1.54) is 5.56 Å². The summed E-state index contributed by atoms with van der Waals surface area (Å²) >= 11 is 0. The molecular formula is C14H18O4. The summed E-state index contributed by atoms with van der Waals surface area (Å²) in [6, 6.07) is 5.66. The highest BCUT2D eigenvalue weighted by Crippen LogP contribution is 2.33. The number of hydrogen-bond donors (Lipinski definition) is 2. The zero-order chi connectivity index (χ0) is 13.0. The maximum atomic E-state index is 11.1.